The largest absolute Gasteiger partial charge is 0.444 e. The van der Waals surface area contributed by atoms with Gasteiger partial charge in [-0.25, -0.2) is 4.79 Å². The molecule has 2 aliphatic rings. The van der Waals surface area contributed by atoms with E-state index in [-0.39, 0.29) is 32.0 Å². The van der Waals surface area contributed by atoms with E-state index < -0.39 is 35.1 Å². The Hall–Kier alpha value is -1.87. The Labute approximate surface area is 149 Å². The maximum absolute atomic E-state index is 13.0. The fourth-order valence-corrected chi connectivity index (χ4v) is 3.17. The van der Waals surface area contributed by atoms with Crippen LogP contribution in [-0.2, 0) is 26.0 Å². The van der Waals surface area contributed by atoms with E-state index in [4.69, 9.17) is 14.2 Å². The molecule has 6 nitrogen and oxygen atoms in total. The number of fused-ring (bicyclic) bond motifs is 1. The van der Waals surface area contributed by atoms with Gasteiger partial charge >= 0.3 is 12.3 Å². The van der Waals surface area contributed by atoms with Crippen molar-refractivity contribution in [2.24, 2.45) is 0 Å². The Balaban J connectivity index is 1.82. The predicted molar refractivity (Wildman–Crippen MR) is 84.2 cm³/mol. The van der Waals surface area contributed by atoms with Crippen LogP contribution in [0, 0.1) is 0 Å². The molecule has 0 unspecified atom stereocenters. The Morgan fingerprint density at radius 1 is 1.38 bits per heavy atom. The molecule has 0 radical (unpaired) electrons. The number of ether oxygens (including phenoxy) is 3. The Morgan fingerprint density at radius 2 is 2.12 bits per heavy atom. The summed E-state index contributed by atoms with van der Waals surface area (Å²) in [4.78, 5) is 17.9. The van der Waals surface area contributed by atoms with Gasteiger partial charge in [-0.2, -0.15) is 13.2 Å². The molecule has 3 rings (SSSR count). The van der Waals surface area contributed by atoms with E-state index in [0.29, 0.717) is 0 Å². The first-order valence-corrected chi connectivity index (χ1v) is 8.28. The van der Waals surface area contributed by atoms with Crippen LogP contribution in [0.15, 0.2) is 18.3 Å². The number of hydrogen-bond donors (Lipinski definition) is 0. The summed E-state index contributed by atoms with van der Waals surface area (Å²) in [7, 11) is 0. The van der Waals surface area contributed by atoms with Crippen molar-refractivity contribution in [3.8, 4) is 0 Å². The Bertz CT molecular complexity index is 689. The van der Waals surface area contributed by atoms with Gasteiger partial charge in [0, 0.05) is 19.2 Å². The topological polar surface area (TPSA) is 60.9 Å². The van der Waals surface area contributed by atoms with Crippen LogP contribution in [0.2, 0.25) is 0 Å². The van der Waals surface area contributed by atoms with Gasteiger partial charge < -0.3 is 19.1 Å². The number of alkyl halides is 3. The van der Waals surface area contributed by atoms with Crippen LogP contribution in [-0.4, -0.2) is 47.6 Å². The first-order chi connectivity index (χ1) is 12.0. The molecule has 2 saturated heterocycles. The quantitative estimate of drug-likeness (QED) is 0.755. The van der Waals surface area contributed by atoms with Gasteiger partial charge in [-0.15, -0.1) is 0 Å². The third kappa shape index (κ3) is 3.64. The van der Waals surface area contributed by atoms with Crippen molar-refractivity contribution < 1.29 is 32.2 Å². The van der Waals surface area contributed by atoms with Gasteiger partial charge in [0.25, 0.3) is 0 Å². The average Bonchev–Trinajstić information content (AvgIpc) is 2.96. The molecule has 0 N–H and O–H groups in total. The fourth-order valence-electron chi connectivity index (χ4n) is 3.17. The molecule has 9 heteroatoms. The second-order valence-corrected chi connectivity index (χ2v) is 7.41. The molecule has 1 aromatic heterocycles. The summed E-state index contributed by atoms with van der Waals surface area (Å²) in [5.74, 6) is 0. The number of halogens is 3. The summed E-state index contributed by atoms with van der Waals surface area (Å²) < 4.78 is 55.7. The van der Waals surface area contributed by atoms with Crippen LogP contribution >= 0.6 is 0 Å². The highest BCUT2D eigenvalue weighted by Crippen LogP contribution is 2.43. The molecule has 1 aromatic rings. The molecule has 0 bridgehead atoms. The molecule has 26 heavy (non-hydrogen) atoms. The molecular formula is C17H21F3N2O4. The first-order valence-electron chi connectivity index (χ1n) is 8.28. The number of piperidine rings is 1. The van der Waals surface area contributed by atoms with E-state index in [1.54, 1.807) is 20.8 Å². The molecule has 1 amide bonds. The maximum atomic E-state index is 13.0. The average molecular weight is 374 g/mol. The highest BCUT2D eigenvalue weighted by molar-refractivity contribution is 5.68. The zero-order chi connectivity index (χ0) is 19.2. The van der Waals surface area contributed by atoms with E-state index >= 15 is 0 Å². The van der Waals surface area contributed by atoms with Crippen molar-refractivity contribution in [2.75, 3.05) is 19.9 Å². The van der Waals surface area contributed by atoms with Crippen LogP contribution < -0.4 is 0 Å². The summed E-state index contributed by atoms with van der Waals surface area (Å²) in [6.45, 7) is 5.66. The lowest BCUT2D eigenvalue weighted by Crippen LogP contribution is -2.54. The second kappa shape index (κ2) is 6.38. The van der Waals surface area contributed by atoms with Gasteiger partial charge in [0.05, 0.1) is 17.8 Å². The molecule has 2 fully saturated rings. The van der Waals surface area contributed by atoms with Gasteiger partial charge in [-0.3, -0.25) is 4.98 Å². The highest BCUT2D eigenvalue weighted by atomic mass is 19.4. The van der Waals surface area contributed by atoms with Gasteiger partial charge in [0.15, 0.2) is 0 Å². The molecule has 3 heterocycles. The van der Waals surface area contributed by atoms with Gasteiger partial charge in [-0.05, 0) is 32.9 Å². The smallest absolute Gasteiger partial charge is 0.416 e. The molecule has 2 atom stereocenters. The fraction of sp³-hybridized carbons (Fsp3) is 0.647. The van der Waals surface area contributed by atoms with E-state index in [0.717, 1.165) is 18.3 Å². The van der Waals surface area contributed by atoms with Gasteiger partial charge in [0.1, 0.15) is 24.1 Å². The minimum absolute atomic E-state index is 0.0647. The monoisotopic (exact) mass is 374 g/mol. The van der Waals surface area contributed by atoms with Crippen LogP contribution in [0.1, 0.15) is 38.4 Å². The van der Waals surface area contributed by atoms with Crippen molar-refractivity contribution in [3.63, 3.8) is 0 Å². The summed E-state index contributed by atoms with van der Waals surface area (Å²) in [5, 5.41) is 0. The van der Waals surface area contributed by atoms with Crippen LogP contribution in [0.4, 0.5) is 18.0 Å². The molecule has 2 aliphatic heterocycles. The highest BCUT2D eigenvalue weighted by Gasteiger charge is 2.53. The summed E-state index contributed by atoms with van der Waals surface area (Å²) in [5.41, 5.74) is -2.36. The van der Waals surface area contributed by atoms with Gasteiger partial charge in [0.2, 0.25) is 0 Å². The minimum atomic E-state index is -4.47. The van der Waals surface area contributed by atoms with E-state index in [1.165, 1.54) is 4.90 Å². The lowest BCUT2D eigenvalue weighted by atomic mass is 9.84. The number of hydrogen-bond acceptors (Lipinski definition) is 5. The second-order valence-electron chi connectivity index (χ2n) is 7.41. The van der Waals surface area contributed by atoms with E-state index in [2.05, 4.69) is 4.98 Å². The summed E-state index contributed by atoms with van der Waals surface area (Å²) in [6, 6.07) is 1.91. The number of pyridine rings is 1. The Morgan fingerprint density at radius 3 is 2.77 bits per heavy atom. The zero-order valence-corrected chi connectivity index (χ0v) is 14.8. The molecule has 0 saturated carbocycles. The number of carbonyl (C=O) groups excluding carboxylic acids is 1. The van der Waals surface area contributed by atoms with Crippen molar-refractivity contribution in [1.82, 2.24) is 9.88 Å². The van der Waals surface area contributed by atoms with Crippen LogP contribution in [0.5, 0.6) is 0 Å². The number of nitrogens with zero attached hydrogens (tertiary/aromatic N) is 2. The van der Waals surface area contributed by atoms with Crippen LogP contribution in [0.3, 0.4) is 0 Å². The molecule has 144 valence electrons. The number of likely N-dealkylation sites (tertiary alicyclic amines) is 1. The van der Waals surface area contributed by atoms with Gasteiger partial charge in [-0.1, -0.05) is 0 Å². The minimum Gasteiger partial charge on any atom is -0.444 e. The lowest BCUT2D eigenvalue weighted by molar-refractivity contribution is -0.138. The third-order valence-electron chi connectivity index (χ3n) is 4.42. The standard InChI is InChI=1S/C17H21F3N2O4/c1-15(2,3)26-14(23)22-7-5-16(13(9-22)24-10-25-16)12-8-11(4-6-21-12)17(18,19)20/h4,6,8,13H,5,7,9-10H2,1-3H3/t13-,16-/m1/s1. The normalized spacial score (nSPS) is 26.5. The molecular weight excluding hydrogens is 353 g/mol. The van der Waals surface area contributed by atoms with Crippen molar-refractivity contribution in [1.29, 1.82) is 0 Å². The van der Waals surface area contributed by atoms with E-state index in [9.17, 15) is 18.0 Å². The molecule has 0 aliphatic carbocycles. The van der Waals surface area contributed by atoms with Crippen molar-refractivity contribution >= 4 is 6.09 Å². The van der Waals surface area contributed by atoms with Crippen molar-refractivity contribution in [2.45, 2.75) is 50.7 Å². The maximum Gasteiger partial charge on any atom is 0.416 e. The Kier molecular flexibility index (Phi) is 4.64. The third-order valence-corrected chi connectivity index (χ3v) is 4.42. The van der Waals surface area contributed by atoms with Crippen molar-refractivity contribution in [3.05, 3.63) is 29.6 Å². The summed E-state index contributed by atoms with van der Waals surface area (Å²) in [6.07, 6.45) is -4.18. The van der Waals surface area contributed by atoms with Crippen LogP contribution in [0.25, 0.3) is 0 Å². The number of carbonyl (C=O) groups is 1. The number of aromatic nitrogens is 1. The zero-order valence-electron chi connectivity index (χ0n) is 14.8. The first kappa shape index (κ1) is 18.9. The summed E-state index contributed by atoms with van der Waals surface area (Å²) >= 11 is 0. The lowest BCUT2D eigenvalue weighted by Gasteiger charge is -2.41. The SMILES string of the molecule is CC(C)(C)OC(=O)N1CC[C@]2(c3cc(C(F)(F)F)ccn3)OCO[C@@H]2C1. The van der Waals surface area contributed by atoms with E-state index in [1.807, 2.05) is 0 Å². The molecule has 0 spiro atoms. The number of amides is 1. The predicted octanol–water partition coefficient (Wildman–Crippen LogP) is 3.31. The number of rotatable bonds is 1. The molecule has 0 aromatic carbocycles.